The number of rotatable bonds is 8. The number of nitrogens with one attached hydrogen (secondary N) is 1. The van der Waals surface area contributed by atoms with Gasteiger partial charge in [-0.05, 0) is 32.4 Å². The lowest BCUT2D eigenvalue weighted by Crippen LogP contribution is -2.23. The summed E-state index contributed by atoms with van der Waals surface area (Å²) in [6, 6.07) is 2.80. The van der Waals surface area contributed by atoms with Gasteiger partial charge < -0.3 is 5.32 Å². The second-order valence-electron chi connectivity index (χ2n) is 4.87. The molecule has 0 unspecified atom stereocenters. The second kappa shape index (κ2) is 8.09. The van der Waals surface area contributed by atoms with Gasteiger partial charge >= 0.3 is 0 Å². The first kappa shape index (κ1) is 15.0. The molecule has 0 spiro atoms. The van der Waals surface area contributed by atoms with Crippen molar-refractivity contribution in [2.75, 3.05) is 6.54 Å². The Kier molecular flexibility index (Phi) is 6.73. The third-order valence-corrected chi connectivity index (χ3v) is 2.93. The molecule has 0 aliphatic carbocycles. The Morgan fingerprint density at radius 3 is 2.72 bits per heavy atom. The van der Waals surface area contributed by atoms with Crippen LogP contribution < -0.4 is 5.32 Å². The van der Waals surface area contributed by atoms with Crippen LogP contribution in [0.1, 0.15) is 45.5 Å². The molecule has 0 radical (unpaired) electrons. The van der Waals surface area contributed by atoms with E-state index < -0.39 is 0 Å². The minimum Gasteiger partial charge on any atom is -0.314 e. The van der Waals surface area contributed by atoms with E-state index in [1.807, 2.05) is 0 Å². The number of hydrogen-bond acceptors (Lipinski definition) is 2. The Morgan fingerprint density at radius 2 is 2.11 bits per heavy atom. The summed E-state index contributed by atoms with van der Waals surface area (Å²) < 4.78 is 2.11. The van der Waals surface area contributed by atoms with E-state index in [-0.39, 0.29) is 0 Å². The van der Waals surface area contributed by atoms with E-state index in [1.165, 1.54) is 11.4 Å². The van der Waals surface area contributed by atoms with E-state index in [1.54, 1.807) is 0 Å². The van der Waals surface area contributed by atoms with Crippen molar-refractivity contribution in [2.45, 2.75) is 59.5 Å². The molecule has 1 heterocycles. The molecule has 3 nitrogen and oxygen atoms in total. The average Bonchev–Trinajstić information content (AvgIpc) is 2.75. The highest BCUT2D eigenvalue weighted by atomic mass is 15.3. The van der Waals surface area contributed by atoms with E-state index in [2.05, 4.69) is 61.0 Å². The molecule has 0 saturated heterocycles. The number of hydrogen-bond donors (Lipinski definition) is 1. The van der Waals surface area contributed by atoms with Crippen molar-refractivity contribution < 1.29 is 0 Å². The van der Waals surface area contributed by atoms with Crippen molar-refractivity contribution in [1.82, 2.24) is 15.1 Å². The fourth-order valence-corrected chi connectivity index (χ4v) is 1.90. The molecule has 0 aromatic carbocycles. The standard InChI is InChI=1S/C15H27N3/c1-5-14-12-15(18(6-2)17-14)10-8-7-9-11-16-13(3)4/h7-8,12-13,16H,5-6,9-11H2,1-4H3. The smallest absolute Gasteiger partial charge is 0.0624 e. The molecule has 102 valence electrons. The molecular formula is C15H27N3. The summed E-state index contributed by atoms with van der Waals surface area (Å²) in [5.41, 5.74) is 2.52. The minimum absolute atomic E-state index is 0.576. The van der Waals surface area contributed by atoms with Gasteiger partial charge in [-0.1, -0.05) is 32.9 Å². The molecule has 0 amide bonds. The summed E-state index contributed by atoms with van der Waals surface area (Å²) in [7, 11) is 0. The minimum atomic E-state index is 0.576. The Labute approximate surface area is 111 Å². The topological polar surface area (TPSA) is 29.9 Å². The van der Waals surface area contributed by atoms with Crippen LogP contribution in [0.4, 0.5) is 0 Å². The maximum absolute atomic E-state index is 4.56. The van der Waals surface area contributed by atoms with Gasteiger partial charge in [-0.15, -0.1) is 0 Å². The third kappa shape index (κ3) is 5.05. The van der Waals surface area contributed by atoms with Gasteiger partial charge in [0.2, 0.25) is 0 Å². The number of allylic oxidation sites excluding steroid dienone is 1. The lowest BCUT2D eigenvalue weighted by atomic mass is 10.2. The molecule has 1 aromatic rings. The van der Waals surface area contributed by atoms with Crippen molar-refractivity contribution in [2.24, 2.45) is 0 Å². The molecule has 0 atom stereocenters. The molecular weight excluding hydrogens is 222 g/mol. The fourth-order valence-electron chi connectivity index (χ4n) is 1.90. The quantitative estimate of drug-likeness (QED) is 0.567. The maximum Gasteiger partial charge on any atom is 0.0624 e. The zero-order valence-electron chi connectivity index (χ0n) is 12.2. The number of aromatic nitrogens is 2. The predicted octanol–water partition coefficient (Wildman–Crippen LogP) is 2.95. The van der Waals surface area contributed by atoms with Crippen LogP contribution in [0.2, 0.25) is 0 Å². The zero-order valence-corrected chi connectivity index (χ0v) is 12.2. The van der Waals surface area contributed by atoms with Gasteiger partial charge in [0.1, 0.15) is 0 Å². The zero-order chi connectivity index (χ0) is 13.4. The molecule has 0 fully saturated rings. The van der Waals surface area contributed by atoms with Crippen LogP contribution in [0.3, 0.4) is 0 Å². The van der Waals surface area contributed by atoms with Crippen molar-refractivity contribution >= 4 is 0 Å². The van der Waals surface area contributed by atoms with Gasteiger partial charge in [0.05, 0.1) is 5.69 Å². The highest BCUT2D eigenvalue weighted by Crippen LogP contribution is 2.07. The molecule has 0 saturated carbocycles. The molecule has 0 aliphatic rings. The predicted molar refractivity (Wildman–Crippen MR) is 77.9 cm³/mol. The van der Waals surface area contributed by atoms with Crippen LogP contribution in [0.25, 0.3) is 0 Å². The molecule has 1 rings (SSSR count). The SMILES string of the molecule is CCc1cc(CC=CCCNC(C)C)n(CC)n1. The van der Waals surface area contributed by atoms with Crippen LogP contribution in [-0.2, 0) is 19.4 Å². The Hall–Kier alpha value is -1.09. The Morgan fingerprint density at radius 1 is 1.33 bits per heavy atom. The van der Waals surface area contributed by atoms with Crippen molar-refractivity contribution in [1.29, 1.82) is 0 Å². The lowest BCUT2D eigenvalue weighted by molar-refractivity contribution is 0.594. The van der Waals surface area contributed by atoms with Crippen molar-refractivity contribution in [3.05, 3.63) is 29.6 Å². The normalized spacial score (nSPS) is 11.8. The highest BCUT2D eigenvalue weighted by molar-refractivity contribution is 5.13. The summed E-state index contributed by atoms with van der Waals surface area (Å²) in [5.74, 6) is 0. The summed E-state index contributed by atoms with van der Waals surface area (Å²) in [4.78, 5) is 0. The first-order valence-electron chi connectivity index (χ1n) is 7.11. The van der Waals surface area contributed by atoms with Gasteiger partial charge in [-0.3, -0.25) is 4.68 Å². The van der Waals surface area contributed by atoms with Crippen LogP contribution >= 0.6 is 0 Å². The van der Waals surface area contributed by atoms with Gasteiger partial charge in [0.25, 0.3) is 0 Å². The lowest BCUT2D eigenvalue weighted by Gasteiger charge is -2.05. The second-order valence-corrected chi connectivity index (χ2v) is 4.87. The molecule has 1 aromatic heterocycles. The molecule has 0 aliphatic heterocycles. The first-order valence-corrected chi connectivity index (χ1v) is 7.11. The highest BCUT2D eigenvalue weighted by Gasteiger charge is 2.03. The van der Waals surface area contributed by atoms with Gasteiger partial charge in [-0.2, -0.15) is 5.10 Å². The Balaban J connectivity index is 2.38. The molecule has 0 bridgehead atoms. The first-order chi connectivity index (χ1) is 8.67. The van der Waals surface area contributed by atoms with E-state index in [0.717, 1.165) is 32.4 Å². The van der Waals surface area contributed by atoms with Crippen LogP contribution in [0.5, 0.6) is 0 Å². The summed E-state index contributed by atoms with van der Waals surface area (Å²) in [6.07, 6.45) is 7.61. The van der Waals surface area contributed by atoms with E-state index in [4.69, 9.17) is 0 Å². The largest absolute Gasteiger partial charge is 0.314 e. The summed E-state index contributed by atoms with van der Waals surface area (Å²) >= 11 is 0. The van der Waals surface area contributed by atoms with E-state index in [0.29, 0.717) is 6.04 Å². The van der Waals surface area contributed by atoms with Crippen LogP contribution in [0, 0.1) is 0 Å². The fraction of sp³-hybridized carbons (Fsp3) is 0.667. The summed E-state index contributed by atoms with van der Waals surface area (Å²) in [5, 5.41) is 7.97. The summed E-state index contributed by atoms with van der Waals surface area (Å²) in [6.45, 7) is 10.7. The monoisotopic (exact) mass is 249 g/mol. The maximum atomic E-state index is 4.56. The van der Waals surface area contributed by atoms with Crippen molar-refractivity contribution in [3.8, 4) is 0 Å². The Bertz CT molecular complexity index is 364. The molecule has 18 heavy (non-hydrogen) atoms. The van der Waals surface area contributed by atoms with Crippen LogP contribution in [-0.4, -0.2) is 22.4 Å². The van der Waals surface area contributed by atoms with Crippen molar-refractivity contribution in [3.63, 3.8) is 0 Å². The number of nitrogens with zero attached hydrogens (tertiary/aromatic N) is 2. The van der Waals surface area contributed by atoms with Gasteiger partial charge in [-0.25, -0.2) is 0 Å². The molecule has 3 heteroatoms. The molecule has 1 N–H and O–H groups in total. The van der Waals surface area contributed by atoms with E-state index >= 15 is 0 Å². The van der Waals surface area contributed by atoms with E-state index in [9.17, 15) is 0 Å². The average molecular weight is 249 g/mol. The van der Waals surface area contributed by atoms with Gasteiger partial charge in [0, 0.05) is 24.7 Å². The third-order valence-electron chi connectivity index (χ3n) is 2.93. The van der Waals surface area contributed by atoms with Gasteiger partial charge in [0.15, 0.2) is 0 Å². The number of aryl methyl sites for hydroxylation is 2. The van der Waals surface area contributed by atoms with Crippen LogP contribution in [0.15, 0.2) is 18.2 Å².